The van der Waals surface area contributed by atoms with Crippen LogP contribution in [0.25, 0.3) is 11.1 Å². The number of hydrogen-bond acceptors (Lipinski definition) is 8. The van der Waals surface area contributed by atoms with Gasteiger partial charge in [-0.2, -0.15) is 0 Å². The van der Waals surface area contributed by atoms with Crippen molar-refractivity contribution in [2.24, 2.45) is 0 Å². The van der Waals surface area contributed by atoms with Gasteiger partial charge in [0.1, 0.15) is 16.5 Å². The standard InChI is InChI=1S/C66H62Cl5N5O2S/c1-10-11-12-16-45-17-28-57(54(37-45)73-52-26-20-47(68)33-41(52)4)75(55-29-22-49(70)35-43(55)6)58-31-32-72-66(79-51-24-18-46(67)19-25-51)64(58)76(56-30-23-50(71)36-44(56)7)59-38-60(77-8)63(74-53-27-21-48(69)34-42(53)5)62(65(59)78-9)61-39(2)14-13-15-40(61)3/h13-15,17-38,73-74H,10-12,16H2,1-9H3. The maximum Gasteiger partial charge on any atom is 0.153 e. The summed E-state index contributed by atoms with van der Waals surface area (Å²) in [5.41, 5.74) is 17.0. The summed E-state index contributed by atoms with van der Waals surface area (Å²) in [7, 11) is 3.42. The van der Waals surface area contributed by atoms with E-state index in [-0.39, 0.29) is 0 Å². The molecule has 0 atom stereocenters. The normalized spacial score (nSPS) is 11.2. The SMILES string of the molecule is CCCCCc1ccc(N(c2ccc(Cl)cc2C)c2ccnc(Sc3ccc(Cl)cc3)c2N(c2ccc(Cl)cc2C)c2cc(OC)c(Nc3ccc(Cl)cc3C)c(-c3c(C)cccc3C)c2OC)c(Nc2ccc(Cl)cc2C)c1. The molecule has 1 aromatic heterocycles. The van der Waals surface area contributed by atoms with Gasteiger partial charge in [0, 0.05) is 65.0 Å². The second kappa shape index (κ2) is 25.3. The Kier molecular flexibility index (Phi) is 18.3. The lowest BCUT2D eigenvalue weighted by Gasteiger charge is -2.37. The van der Waals surface area contributed by atoms with Crippen molar-refractivity contribution in [1.82, 2.24) is 4.98 Å². The molecule has 0 saturated carbocycles. The van der Waals surface area contributed by atoms with Gasteiger partial charge in [0.25, 0.3) is 0 Å². The van der Waals surface area contributed by atoms with Gasteiger partial charge in [-0.3, -0.25) is 0 Å². The molecule has 2 N–H and O–H groups in total. The lowest BCUT2D eigenvalue weighted by Crippen LogP contribution is -2.21. The monoisotopic (exact) mass is 1160 g/mol. The molecule has 13 heteroatoms. The number of methoxy groups -OCH3 is 2. The molecule has 404 valence electrons. The third kappa shape index (κ3) is 12.6. The Balaban J connectivity index is 1.44. The van der Waals surface area contributed by atoms with Crippen LogP contribution in [0, 0.1) is 41.5 Å². The van der Waals surface area contributed by atoms with Crippen molar-refractivity contribution in [2.45, 2.75) is 84.1 Å². The second-order valence-corrected chi connectivity index (χ2v) is 22.9. The van der Waals surface area contributed by atoms with E-state index < -0.39 is 0 Å². The fraction of sp³-hybridized carbons (Fsp3) is 0.197. The zero-order valence-electron chi connectivity index (χ0n) is 45.7. The van der Waals surface area contributed by atoms with Gasteiger partial charge in [0.2, 0.25) is 0 Å². The van der Waals surface area contributed by atoms with Gasteiger partial charge in [-0.1, -0.05) is 114 Å². The molecule has 0 spiro atoms. The molecule has 0 amide bonds. The molecule has 7 nitrogen and oxygen atoms in total. The van der Waals surface area contributed by atoms with Gasteiger partial charge < -0.3 is 29.9 Å². The minimum atomic E-state index is 0.561. The molecule has 79 heavy (non-hydrogen) atoms. The molecule has 0 radical (unpaired) electrons. The maximum absolute atomic E-state index is 6.92. The highest BCUT2D eigenvalue weighted by molar-refractivity contribution is 7.99. The Morgan fingerprint density at radius 2 is 1.04 bits per heavy atom. The Bertz CT molecular complexity index is 3680. The summed E-state index contributed by atoms with van der Waals surface area (Å²) in [5.74, 6) is 1.13. The highest BCUT2D eigenvalue weighted by Crippen LogP contribution is 2.59. The third-order valence-corrected chi connectivity index (χ3v) is 16.3. The highest BCUT2D eigenvalue weighted by atomic mass is 35.5. The van der Waals surface area contributed by atoms with Crippen molar-refractivity contribution in [3.63, 3.8) is 0 Å². The summed E-state index contributed by atoms with van der Waals surface area (Å²) in [6.45, 7) is 14.7. The van der Waals surface area contributed by atoms with Crippen LogP contribution in [0.2, 0.25) is 25.1 Å². The predicted octanol–water partition coefficient (Wildman–Crippen LogP) is 22.2. The molecule has 9 aromatic rings. The van der Waals surface area contributed by atoms with E-state index in [0.717, 1.165) is 121 Å². The van der Waals surface area contributed by atoms with Crippen molar-refractivity contribution in [3.8, 4) is 22.6 Å². The van der Waals surface area contributed by atoms with Gasteiger partial charge in [-0.25, -0.2) is 4.98 Å². The zero-order chi connectivity index (χ0) is 56.1. The maximum atomic E-state index is 6.92. The third-order valence-electron chi connectivity index (χ3n) is 14.1. The Morgan fingerprint density at radius 3 is 1.61 bits per heavy atom. The van der Waals surface area contributed by atoms with Gasteiger partial charge >= 0.3 is 0 Å². The van der Waals surface area contributed by atoms with Crippen LogP contribution in [0.5, 0.6) is 11.5 Å². The quantitative estimate of drug-likeness (QED) is 0.0777. The number of nitrogens with zero attached hydrogens (tertiary/aromatic N) is 3. The number of nitrogens with one attached hydrogen (secondary N) is 2. The van der Waals surface area contributed by atoms with Crippen molar-refractivity contribution in [3.05, 3.63) is 216 Å². The largest absolute Gasteiger partial charge is 0.494 e. The smallest absolute Gasteiger partial charge is 0.153 e. The van der Waals surface area contributed by atoms with Crippen LogP contribution in [-0.2, 0) is 6.42 Å². The van der Waals surface area contributed by atoms with Crippen LogP contribution in [-0.4, -0.2) is 19.2 Å². The average Bonchev–Trinajstić information content (AvgIpc) is 3.61. The van der Waals surface area contributed by atoms with Crippen LogP contribution >= 0.6 is 69.8 Å². The van der Waals surface area contributed by atoms with Crippen LogP contribution in [0.1, 0.15) is 65.1 Å². The van der Waals surface area contributed by atoms with Crippen molar-refractivity contribution in [1.29, 1.82) is 0 Å². The fourth-order valence-corrected chi connectivity index (χ4v) is 12.1. The van der Waals surface area contributed by atoms with Crippen molar-refractivity contribution in [2.75, 3.05) is 34.7 Å². The van der Waals surface area contributed by atoms with Gasteiger partial charge in [-0.15, -0.1) is 0 Å². The van der Waals surface area contributed by atoms with Gasteiger partial charge in [0.05, 0.1) is 48.2 Å². The topological polar surface area (TPSA) is 61.9 Å². The van der Waals surface area contributed by atoms with Crippen LogP contribution < -0.4 is 29.9 Å². The van der Waals surface area contributed by atoms with Crippen LogP contribution in [0.15, 0.2) is 162 Å². The molecule has 0 unspecified atom stereocenters. The number of hydrogen-bond donors (Lipinski definition) is 2. The van der Waals surface area contributed by atoms with E-state index in [1.165, 1.54) is 17.3 Å². The van der Waals surface area contributed by atoms with Gasteiger partial charge in [-0.05, 0) is 214 Å². The number of aromatic nitrogens is 1. The molecule has 0 aliphatic rings. The van der Waals surface area contributed by atoms with E-state index in [0.29, 0.717) is 53.0 Å². The number of anilines is 10. The first kappa shape index (κ1) is 57.2. The first-order chi connectivity index (χ1) is 38.1. The molecule has 8 aromatic carbocycles. The Morgan fingerprint density at radius 1 is 0.481 bits per heavy atom. The number of rotatable bonds is 19. The number of unbranched alkanes of at least 4 members (excludes halogenated alkanes) is 2. The molecule has 0 aliphatic heterocycles. The molecular formula is C66H62Cl5N5O2S. The summed E-state index contributed by atoms with van der Waals surface area (Å²) in [6, 6.07) is 48.7. The fourth-order valence-electron chi connectivity index (χ4n) is 10.2. The molecule has 0 saturated heterocycles. The summed E-state index contributed by atoms with van der Waals surface area (Å²) in [5, 5.41) is 11.5. The highest BCUT2D eigenvalue weighted by Gasteiger charge is 2.34. The minimum Gasteiger partial charge on any atom is -0.494 e. The first-order valence-electron chi connectivity index (χ1n) is 26.2. The van der Waals surface area contributed by atoms with E-state index in [2.05, 4.69) is 117 Å². The Labute approximate surface area is 494 Å². The van der Waals surface area contributed by atoms with Gasteiger partial charge in [0.15, 0.2) is 5.75 Å². The summed E-state index contributed by atoms with van der Waals surface area (Å²) in [4.78, 5) is 10.8. The van der Waals surface area contributed by atoms with Crippen LogP contribution in [0.3, 0.4) is 0 Å². The number of halogens is 5. The summed E-state index contributed by atoms with van der Waals surface area (Å²) in [6.07, 6.45) is 6.10. The van der Waals surface area contributed by atoms with E-state index in [4.69, 9.17) is 72.5 Å². The minimum absolute atomic E-state index is 0.561. The summed E-state index contributed by atoms with van der Waals surface area (Å²) < 4.78 is 13.5. The van der Waals surface area contributed by atoms with Crippen molar-refractivity contribution < 1.29 is 9.47 Å². The number of aryl methyl sites for hydroxylation is 7. The summed E-state index contributed by atoms with van der Waals surface area (Å²) >= 11 is 35.0. The molecule has 9 rings (SSSR count). The molecular weight excluding hydrogens is 1100 g/mol. The molecule has 0 fully saturated rings. The lowest BCUT2D eigenvalue weighted by molar-refractivity contribution is 0.407. The first-order valence-corrected chi connectivity index (χ1v) is 28.9. The van der Waals surface area contributed by atoms with Crippen molar-refractivity contribution >= 4 is 127 Å². The second-order valence-electron chi connectivity index (χ2n) is 19.7. The average molecular weight is 1170 g/mol. The van der Waals surface area contributed by atoms with E-state index in [1.54, 1.807) is 14.2 Å². The molecule has 0 aliphatic carbocycles. The zero-order valence-corrected chi connectivity index (χ0v) is 50.3. The number of pyridine rings is 1. The van der Waals surface area contributed by atoms with E-state index in [1.807, 2.05) is 104 Å². The molecule has 1 heterocycles. The number of ether oxygens (including phenoxy) is 2. The van der Waals surface area contributed by atoms with E-state index >= 15 is 0 Å². The molecule has 0 bridgehead atoms. The Hall–Kier alpha value is -6.49. The van der Waals surface area contributed by atoms with Crippen LogP contribution in [0.4, 0.5) is 56.9 Å². The lowest BCUT2D eigenvalue weighted by atomic mass is 9.92. The predicted molar refractivity (Wildman–Crippen MR) is 339 cm³/mol. The number of benzene rings is 8. The van der Waals surface area contributed by atoms with E-state index in [9.17, 15) is 0 Å².